The monoisotopic (exact) mass is 348 g/mol. The largest absolute Gasteiger partial charge is 0.462 e. The Labute approximate surface area is 151 Å². The molecule has 1 aromatic rings. The summed E-state index contributed by atoms with van der Waals surface area (Å²) in [5, 5.41) is 0. The van der Waals surface area contributed by atoms with Crippen LogP contribution in [0, 0.1) is 0 Å². The van der Waals surface area contributed by atoms with Crippen molar-refractivity contribution in [3.63, 3.8) is 0 Å². The van der Waals surface area contributed by atoms with E-state index in [0.29, 0.717) is 24.3 Å². The minimum Gasteiger partial charge on any atom is -0.462 e. The smallest absolute Gasteiger partial charge is 0.338 e. The number of hydrogen-bond acceptors (Lipinski definition) is 4. The predicted octanol–water partition coefficient (Wildman–Crippen LogP) is 5.55. The van der Waals surface area contributed by atoms with Crippen LogP contribution in [0.3, 0.4) is 0 Å². The van der Waals surface area contributed by atoms with Gasteiger partial charge in [-0.3, -0.25) is 0 Å². The van der Waals surface area contributed by atoms with E-state index in [1.807, 2.05) is 0 Å². The standard InChI is InChI=1S/C21H32O4/c1-3-5-7-9-11-16-25-21(23)19-14-12-13-18(17-19)20(22)24-15-10-8-6-4-2/h12-14,17H,3-11,15-16H2,1-2H3. The van der Waals surface area contributed by atoms with Crippen molar-refractivity contribution < 1.29 is 19.1 Å². The van der Waals surface area contributed by atoms with Gasteiger partial charge in [-0.2, -0.15) is 0 Å². The zero-order valence-corrected chi connectivity index (χ0v) is 15.7. The molecule has 0 fully saturated rings. The van der Waals surface area contributed by atoms with Gasteiger partial charge in [-0.25, -0.2) is 9.59 Å². The Morgan fingerprint density at radius 1 is 0.720 bits per heavy atom. The zero-order chi connectivity index (χ0) is 18.3. The maximum absolute atomic E-state index is 12.1. The summed E-state index contributed by atoms with van der Waals surface area (Å²) in [7, 11) is 0. The quantitative estimate of drug-likeness (QED) is 0.346. The van der Waals surface area contributed by atoms with Crippen molar-refractivity contribution in [2.24, 2.45) is 0 Å². The second-order valence-corrected chi connectivity index (χ2v) is 6.33. The first-order valence-corrected chi connectivity index (χ1v) is 9.63. The molecule has 0 aliphatic rings. The van der Waals surface area contributed by atoms with Crippen LogP contribution >= 0.6 is 0 Å². The molecule has 0 amide bonds. The summed E-state index contributed by atoms with van der Waals surface area (Å²) in [5.41, 5.74) is 0.793. The van der Waals surface area contributed by atoms with Crippen LogP contribution < -0.4 is 0 Å². The number of hydrogen-bond donors (Lipinski definition) is 0. The first-order chi connectivity index (χ1) is 12.2. The second-order valence-electron chi connectivity index (χ2n) is 6.33. The molecule has 1 rings (SSSR count). The van der Waals surface area contributed by atoms with Crippen LogP contribution in [-0.2, 0) is 9.47 Å². The normalized spacial score (nSPS) is 10.5. The number of carbonyl (C=O) groups excluding carboxylic acids is 2. The summed E-state index contributed by atoms with van der Waals surface area (Å²) in [4.78, 5) is 24.1. The summed E-state index contributed by atoms with van der Waals surface area (Å²) in [6, 6.07) is 6.56. The molecule has 0 bridgehead atoms. The van der Waals surface area contributed by atoms with Crippen LogP contribution in [0.5, 0.6) is 0 Å². The molecular weight excluding hydrogens is 316 g/mol. The fourth-order valence-corrected chi connectivity index (χ4v) is 2.50. The molecular formula is C21H32O4. The van der Waals surface area contributed by atoms with Gasteiger partial charge in [0.05, 0.1) is 24.3 Å². The van der Waals surface area contributed by atoms with Gasteiger partial charge in [0, 0.05) is 0 Å². The number of benzene rings is 1. The second kappa shape index (κ2) is 13.5. The highest BCUT2D eigenvalue weighted by atomic mass is 16.5. The van der Waals surface area contributed by atoms with Crippen molar-refractivity contribution in [2.75, 3.05) is 13.2 Å². The summed E-state index contributed by atoms with van der Waals surface area (Å²) >= 11 is 0. The van der Waals surface area contributed by atoms with Gasteiger partial charge in [0.2, 0.25) is 0 Å². The molecule has 0 aliphatic carbocycles. The van der Waals surface area contributed by atoms with Crippen molar-refractivity contribution in [2.45, 2.75) is 71.6 Å². The highest BCUT2D eigenvalue weighted by Gasteiger charge is 2.12. The molecule has 0 saturated carbocycles. The van der Waals surface area contributed by atoms with E-state index in [4.69, 9.17) is 9.47 Å². The topological polar surface area (TPSA) is 52.6 Å². The molecule has 0 unspecified atom stereocenters. The molecule has 4 nitrogen and oxygen atoms in total. The Morgan fingerprint density at radius 2 is 1.16 bits per heavy atom. The van der Waals surface area contributed by atoms with Crippen molar-refractivity contribution >= 4 is 11.9 Å². The van der Waals surface area contributed by atoms with E-state index >= 15 is 0 Å². The lowest BCUT2D eigenvalue weighted by Gasteiger charge is -2.07. The molecule has 0 aliphatic heterocycles. The summed E-state index contributed by atoms with van der Waals surface area (Å²) < 4.78 is 10.5. The van der Waals surface area contributed by atoms with E-state index in [1.165, 1.54) is 19.3 Å². The van der Waals surface area contributed by atoms with Crippen LogP contribution in [0.2, 0.25) is 0 Å². The third kappa shape index (κ3) is 9.28. The van der Waals surface area contributed by atoms with Crippen LogP contribution in [0.4, 0.5) is 0 Å². The lowest BCUT2D eigenvalue weighted by molar-refractivity contribution is 0.0496. The van der Waals surface area contributed by atoms with Gasteiger partial charge < -0.3 is 9.47 Å². The molecule has 0 N–H and O–H groups in total. The van der Waals surface area contributed by atoms with E-state index in [2.05, 4.69) is 13.8 Å². The minimum absolute atomic E-state index is 0.381. The summed E-state index contributed by atoms with van der Waals surface area (Å²) in [6.07, 6.45) is 9.78. The average molecular weight is 348 g/mol. The first kappa shape index (κ1) is 21.2. The van der Waals surface area contributed by atoms with Crippen molar-refractivity contribution in [3.05, 3.63) is 35.4 Å². The fourth-order valence-electron chi connectivity index (χ4n) is 2.50. The van der Waals surface area contributed by atoms with E-state index in [9.17, 15) is 9.59 Å². The zero-order valence-electron chi connectivity index (χ0n) is 15.7. The third-order valence-corrected chi connectivity index (χ3v) is 4.05. The molecule has 140 valence electrons. The number of carbonyl (C=O) groups is 2. The third-order valence-electron chi connectivity index (χ3n) is 4.05. The summed E-state index contributed by atoms with van der Waals surface area (Å²) in [5.74, 6) is -0.765. The molecule has 0 heterocycles. The van der Waals surface area contributed by atoms with Gasteiger partial charge in [0.15, 0.2) is 0 Å². The molecule has 0 atom stereocenters. The Balaban J connectivity index is 2.37. The number of unbranched alkanes of at least 4 members (excludes halogenated alkanes) is 7. The number of esters is 2. The Hall–Kier alpha value is -1.84. The van der Waals surface area contributed by atoms with E-state index < -0.39 is 0 Å². The lowest BCUT2D eigenvalue weighted by atomic mass is 10.1. The molecule has 0 spiro atoms. The van der Waals surface area contributed by atoms with E-state index in [0.717, 1.165) is 38.5 Å². The SMILES string of the molecule is CCCCCCCOC(=O)c1cccc(C(=O)OCCCCCC)c1. The maximum atomic E-state index is 12.1. The molecule has 25 heavy (non-hydrogen) atoms. The van der Waals surface area contributed by atoms with Crippen LogP contribution in [0.1, 0.15) is 92.4 Å². The minimum atomic E-state index is -0.384. The molecule has 4 heteroatoms. The highest BCUT2D eigenvalue weighted by molar-refractivity contribution is 5.95. The van der Waals surface area contributed by atoms with Gasteiger partial charge in [-0.15, -0.1) is 0 Å². The van der Waals surface area contributed by atoms with Crippen molar-refractivity contribution in [3.8, 4) is 0 Å². The maximum Gasteiger partial charge on any atom is 0.338 e. The fraction of sp³-hybridized carbons (Fsp3) is 0.619. The lowest BCUT2D eigenvalue weighted by Crippen LogP contribution is -2.10. The Bertz CT molecular complexity index is 510. The number of ether oxygens (including phenoxy) is 2. The van der Waals surface area contributed by atoms with Gasteiger partial charge in [-0.1, -0.05) is 64.9 Å². The average Bonchev–Trinajstić information content (AvgIpc) is 2.64. The van der Waals surface area contributed by atoms with Crippen molar-refractivity contribution in [1.82, 2.24) is 0 Å². The van der Waals surface area contributed by atoms with Gasteiger partial charge in [0.25, 0.3) is 0 Å². The molecule has 1 aromatic carbocycles. The van der Waals surface area contributed by atoms with Gasteiger partial charge in [-0.05, 0) is 31.0 Å². The highest BCUT2D eigenvalue weighted by Crippen LogP contribution is 2.10. The van der Waals surface area contributed by atoms with Crippen LogP contribution in [-0.4, -0.2) is 25.2 Å². The Morgan fingerprint density at radius 3 is 1.64 bits per heavy atom. The molecule has 0 radical (unpaired) electrons. The molecule has 0 aromatic heterocycles. The Kier molecular flexibility index (Phi) is 11.4. The van der Waals surface area contributed by atoms with Gasteiger partial charge in [0.1, 0.15) is 0 Å². The van der Waals surface area contributed by atoms with Gasteiger partial charge >= 0.3 is 11.9 Å². The van der Waals surface area contributed by atoms with Crippen LogP contribution in [0.25, 0.3) is 0 Å². The predicted molar refractivity (Wildman–Crippen MR) is 99.9 cm³/mol. The first-order valence-electron chi connectivity index (χ1n) is 9.63. The van der Waals surface area contributed by atoms with Crippen molar-refractivity contribution in [1.29, 1.82) is 0 Å². The molecule has 0 saturated heterocycles. The summed E-state index contributed by atoms with van der Waals surface area (Å²) in [6.45, 7) is 5.16. The number of rotatable bonds is 13. The van der Waals surface area contributed by atoms with E-state index in [-0.39, 0.29) is 11.9 Å². The van der Waals surface area contributed by atoms with Crippen LogP contribution in [0.15, 0.2) is 24.3 Å². The van der Waals surface area contributed by atoms with E-state index in [1.54, 1.807) is 24.3 Å².